The fraction of sp³-hybridized carbons (Fsp3) is 0.348. The van der Waals surface area contributed by atoms with Gasteiger partial charge >= 0.3 is 0 Å². The number of benzene rings is 2. The maximum absolute atomic E-state index is 11.9. The van der Waals surface area contributed by atoms with E-state index in [-0.39, 0.29) is 5.92 Å². The highest BCUT2D eigenvalue weighted by atomic mass is 16.5. The molecular formula is C23H24O2. The van der Waals surface area contributed by atoms with Crippen molar-refractivity contribution < 1.29 is 9.53 Å². The zero-order chi connectivity index (χ0) is 17.6. The molecule has 1 saturated carbocycles. The summed E-state index contributed by atoms with van der Waals surface area (Å²) in [4.78, 5) is 11.9. The maximum Gasteiger partial charge on any atom is 0.136 e. The first kappa shape index (κ1) is 17.3. The second-order valence-corrected chi connectivity index (χ2v) is 6.68. The van der Waals surface area contributed by atoms with E-state index in [1.807, 2.05) is 43.3 Å². The van der Waals surface area contributed by atoms with E-state index in [1.165, 1.54) is 5.56 Å². The molecular weight excluding hydrogens is 308 g/mol. The van der Waals surface area contributed by atoms with Gasteiger partial charge in [-0.3, -0.25) is 4.79 Å². The Hall–Kier alpha value is -2.53. The number of carbonyl (C=O) groups is 1. The molecule has 0 N–H and O–H groups in total. The number of Topliss-reactive ketones (excluding diaryl/α,β-unsaturated/α-hetero) is 1. The zero-order valence-electron chi connectivity index (χ0n) is 14.9. The van der Waals surface area contributed by atoms with Crippen LogP contribution in [0, 0.1) is 17.8 Å². The summed E-state index contributed by atoms with van der Waals surface area (Å²) in [6.07, 6.45) is 2.83. The summed E-state index contributed by atoms with van der Waals surface area (Å²) >= 11 is 0. The van der Waals surface area contributed by atoms with E-state index in [1.54, 1.807) is 0 Å². The van der Waals surface area contributed by atoms with Crippen LogP contribution in [0.5, 0.6) is 5.75 Å². The summed E-state index contributed by atoms with van der Waals surface area (Å²) in [5.41, 5.74) is 3.16. The smallest absolute Gasteiger partial charge is 0.136 e. The van der Waals surface area contributed by atoms with Gasteiger partial charge in [0.2, 0.25) is 0 Å². The summed E-state index contributed by atoms with van der Waals surface area (Å²) in [6, 6.07) is 16.1. The third-order valence-corrected chi connectivity index (χ3v) is 4.54. The van der Waals surface area contributed by atoms with E-state index in [0.717, 1.165) is 29.7 Å². The number of hydrogen-bond acceptors (Lipinski definition) is 2. The quantitative estimate of drug-likeness (QED) is 0.699. The predicted octanol–water partition coefficient (Wildman–Crippen LogP) is 4.96. The molecule has 2 nitrogen and oxygen atoms in total. The Labute approximate surface area is 150 Å². The number of ether oxygens (including phenoxy) is 1. The van der Waals surface area contributed by atoms with Crippen molar-refractivity contribution in [3.8, 4) is 17.6 Å². The van der Waals surface area contributed by atoms with Crippen LogP contribution in [0.25, 0.3) is 0 Å². The highest BCUT2D eigenvalue weighted by Gasteiger charge is 2.30. The highest BCUT2D eigenvalue weighted by Crippen LogP contribution is 2.33. The molecule has 1 aliphatic carbocycles. The van der Waals surface area contributed by atoms with E-state index >= 15 is 0 Å². The van der Waals surface area contributed by atoms with Crippen molar-refractivity contribution in [2.24, 2.45) is 5.92 Å². The standard InChI is InChI=1S/C23H24O2/c1-3-25-22-14-8-19(9-15-22)5-4-18-6-10-20(11-7-18)17(2)16-23(24)21-12-13-21/h6-11,14-15,17,21H,3,12-13,16H2,1-2H3. The number of rotatable bonds is 6. The van der Waals surface area contributed by atoms with E-state index in [4.69, 9.17) is 4.74 Å². The van der Waals surface area contributed by atoms with Crippen molar-refractivity contribution in [1.82, 2.24) is 0 Å². The van der Waals surface area contributed by atoms with Crippen molar-refractivity contribution in [2.45, 2.75) is 39.0 Å². The Morgan fingerprint density at radius 2 is 1.60 bits per heavy atom. The van der Waals surface area contributed by atoms with E-state index in [9.17, 15) is 4.79 Å². The summed E-state index contributed by atoms with van der Waals surface area (Å²) in [6.45, 7) is 4.77. The molecule has 0 heterocycles. The average molecular weight is 332 g/mol. The van der Waals surface area contributed by atoms with Gasteiger partial charge in [-0.15, -0.1) is 0 Å². The molecule has 0 aromatic heterocycles. The molecule has 3 rings (SSSR count). The lowest BCUT2D eigenvalue weighted by atomic mass is 9.93. The molecule has 1 aliphatic rings. The molecule has 0 spiro atoms. The molecule has 2 heteroatoms. The third-order valence-electron chi connectivity index (χ3n) is 4.54. The number of carbonyl (C=O) groups excluding carboxylic acids is 1. The van der Waals surface area contributed by atoms with Crippen LogP contribution >= 0.6 is 0 Å². The van der Waals surface area contributed by atoms with Crippen LogP contribution in [-0.4, -0.2) is 12.4 Å². The van der Waals surface area contributed by atoms with Gasteiger partial charge in [0, 0.05) is 23.5 Å². The van der Waals surface area contributed by atoms with Crippen LogP contribution in [0.4, 0.5) is 0 Å². The minimum Gasteiger partial charge on any atom is -0.494 e. The average Bonchev–Trinajstić information content (AvgIpc) is 3.47. The van der Waals surface area contributed by atoms with Gasteiger partial charge in [0.15, 0.2) is 0 Å². The molecule has 2 aromatic rings. The summed E-state index contributed by atoms with van der Waals surface area (Å²) in [5, 5.41) is 0. The Morgan fingerprint density at radius 3 is 2.12 bits per heavy atom. The van der Waals surface area contributed by atoms with E-state index in [2.05, 4.69) is 30.9 Å². The molecule has 0 saturated heterocycles. The lowest BCUT2D eigenvalue weighted by Crippen LogP contribution is -2.06. The summed E-state index contributed by atoms with van der Waals surface area (Å²) in [7, 11) is 0. The maximum atomic E-state index is 11.9. The van der Waals surface area contributed by atoms with Crippen LogP contribution in [0.2, 0.25) is 0 Å². The van der Waals surface area contributed by atoms with Crippen molar-refractivity contribution in [3.05, 3.63) is 65.2 Å². The van der Waals surface area contributed by atoms with Gasteiger partial charge in [0.25, 0.3) is 0 Å². The predicted molar refractivity (Wildman–Crippen MR) is 101 cm³/mol. The largest absolute Gasteiger partial charge is 0.494 e. The molecule has 2 aromatic carbocycles. The molecule has 1 fully saturated rings. The van der Waals surface area contributed by atoms with Crippen LogP contribution in [-0.2, 0) is 4.79 Å². The van der Waals surface area contributed by atoms with Crippen LogP contribution < -0.4 is 4.74 Å². The number of hydrogen-bond donors (Lipinski definition) is 0. The molecule has 128 valence electrons. The lowest BCUT2D eigenvalue weighted by Gasteiger charge is -2.10. The van der Waals surface area contributed by atoms with Gasteiger partial charge < -0.3 is 4.74 Å². The Morgan fingerprint density at radius 1 is 1.04 bits per heavy atom. The van der Waals surface area contributed by atoms with Crippen LogP contribution in [0.1, 0.15) is 55.7 Å². The first-order valence-corrected chi connectivity index (χ1v) is 9.03. The molecule has 1 atom stereocenters. The van der Waals surface area contributed by atoms with Crippen LogP contribution in [0.15, 0.2) is 48.5 Å². The highest BCUT2D eigenvalue weighted by molar-refractivity contribution is 5.83. The lowest BCUT2D eigenvalue weighted by molar-refractivity contribution is -0.120. The fourth-order valence-electron chi connectivity index (χ4n) is 2.83. The SMILES string of the molecule is CCOc1ccc(C#Cc2ccc(C(C)CC(=O)C3CC3)cc2)cc1. The van der Waals surface area contributed by atoms with Gasteiger partial charge in [0.05, 0.1) is 6.61 Å². The first-order valence-electron chi connectivity index (χ1n) is 9.03. The van der Waals surface area contributed by atoms with Gasteiger partial charge in [-0.1, -0.05) is 30.9 Å². The minimum absolute atomic E-state index is 0.279. The first-order chi connectivity index (χ1) is 12.2. The van der Waals surface area contributed by atoms with Crippen molar-refractivity contribution in [1.29, 1.82) is 0 Å². The van der Waals surface area contributed by atoms with Crippen molar-refractivity contribution in [2.75, 3.05) is 6.61 Å². The second kappa shape index (κ2) is 8.03. The van der Waals surface area contributed by atoms with Crippen molar-refractivity contribution in [3.63, 3.8) is 0 Å². The molecule has 25 heavy (non-hydrogen) atoms. The molecule has 0 bridgehead atoms. The number of ketones is 1. The Bertz CT molecular complexity index is 772. The summed E-state index contributed by atoms with van der Waals surface area (Å²) in [5.74, 6) is 8.28. The Kier molecular flexibility index (Phi) is 5.56. The van der Waals surface area contributed by atoms with Crippen molar-refractivity contribution >= 4 is 5.78 Å². The monoisotopic (exact) mass is 332 g/mol. The topological polar surface area (TPSA) is 26.3 Å². The van der Waals surface area contributed by atoms with Gasteiger partial charge in [0.1, 0.15) is 11.5 Å². The van der Waals surface area contributed by atoms with Gasteiger partial charge in [-0.05, 0) is 67.6 Å². The third kappa shape index (κ3) is 4.97. The second-order valence-electron chi connectivity index (χ2n) is 6.68. The molecule has 1 unspecified atom stereocenters. The molecule has 0 aliphatic heterocycles. The fourth-order valence-corrected chi connectivity index (χ4v) is 2.83. The van der Waals surface area contributed by atoms with E-state index < -0.39 is 0 Å². The molecule has 0 amide bonds. The Balaban J connectivity index is 1.61. The minimum atomic E-state index is 0.279. The zero-order valence-corrected chi connectivity index (χ0v) is 14.9. The molecule has 0 radical (unpaired) electrons. The van der Waals surface area contributed by atoms with Gasteiger partial charge in [-0.25, -0.2) is 0 Å². The van der Waals surface area contributed by atoms with E-state index in [0.29, 0.717) is 24.7 Å². The van der Waals surface area contributed by atoms with Crippen LogP contribution in [0.3, 0.4) is 0 Å². The van der Waals surface area contributed by atoms with Gasteiger partial charge in [-0.2, -0.15) is 0 Å². The summed E-state index contributed by atoms with van der Waals surface area (Å²) < 4.78 is 5.43. The normalized spacial score (nSPS) is 14.3.